The Bertz CT molecular complexity index is 740. The van der Waals surface area contributed by atoms with Gasteiger partial charge in [0.15, 0.2) is 0 Å². The standard InChI is InChI=1S/C18H18F3N3O2/c19-18(20,21)13-4-6-14(7-5-13)24-17(25)12-3-8-16(22-10-12)23-11-15-2-1-9-26-15/h3-8,10,15H,1-2,9,11H2,(H,22,23)(H,24,25). The van der Waals surface area contributed by atoms with Crippen LogP contribution >= 0.6 is 0 Å². The van der Waals surface area contributed by atoms with Gasteiger partial charge in [-0.1, -0.05) is 0 Å². The molecule has 1 aromatic heterocycles. The maximum atomic E-state index is 12.5. The molecule has 1 aliphatic rings. The first-order chi connectivity index (χ1) is 12.4. The molecule has 2 aromatic rings. The quantitative estimate of drug-likeness (QED) is 0.842. The van der Waals surface area contributed by atoms with Crippen molar-refractivity contribution in [3.63, 3.8) is 0 Å². The molecule has 1 fully saturated rings. The second-order valence-electron chi connectivity index (χ2n) is 5.98. The Hall–Kier alpha value is -2.61. The van der Waals surface area contributed by atoms with Gasteiger partial charge in [0.1, 0.15) is 5.82 Å². The van der Waals surface area contributed by atoms with Gasteiger partial charge in [-0.2, -0.15) is 13.2 Å². The summed E-state index contributed by atoms with van der Waals surface area (Å²) in [7, 11) is 0. The zero-order valence-electron chi connectivity index (χ0n) is 13.8. The van der Waals surface area contributed by atoms with Crippen LogP contribution in [0, 0.1) is 0 Å². The van der Waals surface area contributed by atoms with Crippen molar-refractivity contribution in [1.82, 2.24) is 4.98 Å². The first-order valence-electron chi connectivity index (χ1n) is 8.22. The lowest BCUT2D eigenvalue weighted by molar-refractivity contribution is -0.137. The number of aromatic nitrogens is 1. The fraction of sp³-hybridized carbons (Fsp3) is 0.333. The van der Waals surface area contributed by atoms with E-state index in [0.29, 0.717) is 17.9 Å². The van der Waals surface area contributed by atoms with Crippen molar-refractivity contribution in [3.8, 4) is 0 Å². The summed E-state index contributed by atoms with van der Waals surface area (Å²) in [6.07, 6.45) is -0.737. The lowest BCUT2D eigenvalue weighted by atomic mass is 10.2. The molecule has 1 amide bonds. The number of halogens is 3. The van der Waals surface area contributed by atoms with Gasteiger partial charge in [-0.3, -0.25) is 4.79 Å². The maximum absolute atomic E-state index is 12.5. The molecule has 2 N–H and O–H groups in total. The van der Waals surface area contributed by atoms with Gasteiger partial charge in [-0.05, 0) is 49.2 Å². The van der Waals surface area contributed by atoms with Crippen LogP contribution in [-0.4, -0.2) is 30.1 Å². The monoisotopic (exact) mass is 365 g/mol. The first kappa shape index (κ1) is 18.2. The number of pyridine rings is 1. The highest BCUT2D eigenvalue weighted by atomic mass is 19.4. The lowest BCUT2D eigenvalue weighted by Crippen LogP contribution is -2.19. The van der Waals surface area contributed by atoms with Crippen molar-refractivity contribution in [2.24, 2.45) is 0 Å². The molecule has 1 aromatic carbocycles. The van der Waals surface area contributed by atoms with Gasteiger partial charge in [-0.25, -0.2) is 4.98 Å². The number of ether oxygens (including phenoxy) is 1. The Balaban J connectivity index is 1.55. The van der Waals surface area contributed by atoms with Crippen LogP contribution < -0.4 is 10.6 Å². The molecule has 0 radical (unpaired) electrons. The third-order valence-electron chi connectivity index (χ3n) is 4.03. The van der Waals surface area contributed by atoms with E-state index >= 15 is 0 Å². The molecule has 26 heavy (non-hydrogen) atoms. The van der Waals surface area contributed by atoms with Crippen molar-refractivity contribution in [3.05, 3.63) is 53.7 Å². The Morgan fingerprint density at radius 2 is 1.96 bits per heavy atom. The number of rotatable bonds is 5. The SMILES string of the molecule is O=C(Nc1ccc(C(F)(F)F)cc1)c1ccc(NCC2CCCO2)nc1. The summed E-state index contributed by atoms with van der Waals surface area (Å²) in [6, 6.07) is 7.55. The van der Waals surface area contributed by atoms with E-state index in [1.807, 2.05) is 0 Å². The van der Waals surface area contributed by atoms with Crippen molar-refractivity contribution in [2.75, 3.05) is 23.8 Å². The normalized spacial score (nSPS) is 17.1. The van der Waals surface area contributed by atoms with Crippen LogP contribution in [-0.2, 0) is 10.9 Å². The molecule has 0 spiro atoms. The van der Waals surface area contributed by atoms with Crippen molar-refractivity contribution < 1.29 is 22.7 Å². The number of hydrogen-bond donors (Lipinski definition) is 2. The molecule has 8 heteroatoms. The molecule has 3 rings (SSSR count). The highest BCUT2D eigenvalue weighted by Crippen LogP contribution is 2.29. The smallest absolute Gasteiger partial charge is 0.376 e. The summed E-state index contributed by atoms with van der Waals surface area (Å²) in [5.74, 6) is 0.189. The van der Waals surface area contributed by atoms with Gasteiger partial charge in [0.2, 0.25) is 0 Å². The van der Waals surface area contributed by atoms with Crippen molar-refractivity contribution >= 4 is 17.4 Å². The minimum atomic E-state index is -4.40. The average molecular weight is 365 g/mol. The van der Waals surface area contributed by atoms with E-state index in [1.54, 1.807) is 12.1 Å². The van der Waals surface area contributed by atoms with E-state index in [4.69, 9.17) is 4.74 Å². The van der Waals surface area contributed by atoms with Gasteiger partial charge in [0.25, 0.3) is 5.91 Å². The molecule has 1 unspecified atom stereocenters. The molecular formula is C18H18F3N3O2. The van der Waals surface area contributed by atoms with E-state index in [-0.39, 0.29) is 11.8 Å². The number of carbonyl (C=O) groups is 1. The number of anilines is 2. The summed E-state index contributed by atoms with van der Waals surface area (Å²) in [5, 5.41) is 5.69. The van der Waals surface area contributed by atoms with E-state index < -0.39 is 17.6 Å². The molecule has 0 bridgehead atoms. The zero-order chi connectivity index (χ0) is 18.6. The van der Waals surface area contributed by atoms with Gasteiger partial charge in [0.05, 0.1) is 17.2 Å². The number of amides is 1. The summed E-state index contributed by atoms with van der Waals surface area (Å²) in [4.78, 5) is 16.3. The third kappa shape index (κ3) is 4.72. The van der Waals surface area contributed by atoms with Crippen LogP contribution in [0.4, 0.5) is 24.7 Å². The number of nitrogens with zero attached hydrogens (tertiary/aromatic N) is 1. The third-order valence-corrected chi connectivity index (χ3v) is 4.03. The number of nitrogens with one attached hydrogen (secondary N) is 2. The Labute approximate surface area is 148 Å². The van der Waals surface area contributed by atoms with Gasteiger partial charge < -0.3 is 15.4 Å². The Morgan fingerprint density at radius 3 is 2.54 bits per heavy atom. The highest BCUT2D eigenvalue weighted by molar-refractivity contribution is 6.04. The van der Waals surface area contributed by atoms with Crippen LogP contribution in [0.5, 0.6) is 0 Å². The number of benzene rings is 1. The van der Waals surface area contributed by atoms with Crippen LogP contribution in [0.15, 0.2) is 42.6 Å². The zero-order valence-corrected chi connectivity index (χ0v) is 13.8. The van der Waals surface area contributed by atoms with Crippen LogP contribution in [0.25, 0.3) is 0 Å². The molecule has 1 atom stereocenters. The molecule has 1 saturated heterocycles. The topological polar surface area (TPSA) is 63.2 Å². The minimum absolute atomic E-state index is 0.180. The number of hydrogen-bond acceptors (Lipinski definition) is 4. The lowest BCUT2D eigenvalue weighted by Gasteiger charge is -2.11. The Morgan fingerprint density at radius 1 is 1.19 bits per heavy atom. The fourth-order valence-corrected chi connectivity index (χ4v) is 2.60. The van der Waals surface area contributed by atoms with E-state index in [0.717, 1.165) is 31.6 Å². The second-order valence-corrected chi connectivity index (χ2v) is 5.98. The Kier molecular flexibility index (Phi) is 5.41. The predicted octanol–water partition coefficient (Wildman–Crippen LogP) is 3.94. The number of carbonyl (C=O) groups excluding carboxylic acids is 1. The van der Waals surface area contributed by atoms with Crippen molar-refractivity contribution in [2.45, 2.75) is 25.1 Å². The van der Waals surface area contributed by atoms with E-state index in [9.17, 15) is 18.0 Å². The summed E-state index contributed by atoms with van der Waals surface area (Å²) < 4.78 is 43.1. The average Bonchev–Trinajstić information content (AvgIpc) is 3.13. The van der Waals surface area contributed by atoms with Gasteiger partial charge in [0, 0.05) is 25.0 Å². The van der Waals surface area contributed by atoms with E-state index in [1.165, 1.54) is 18.3 Å². The fourth-order valence-electron chi connectivity index (χ4n) is 2.60. The molecule has 2 heterocycles. The molecule has 138 valence electrons. The molecular weight excluding hydrogens is 347 g/mol. The van der Waals surface area contributed by atoms with Crippen LogP contribution in [0.1, 0.15) is 28.8 Å². The van der Waals surface area contributed by atoms with Crippen molar-refractivity contribution in [1.29, 1.82) is 0 Å². The maximum Gasteiger partial charge on any atom is 0.416 e. The predicted molar refractivity (Wildman–Crippen MR) is 91.1 cm³/mol. The largest absolute Gasteiger partial charge is 0.416 e. The molecule has 0 aliphatic carbocycles. The second kappa shape index (κ2) is 7.74. The summed E-state index contributed by atoms with van der Waals surface area (Å²) in [5.41, 5.74) is -0.171. The molecule has 0 saturated carbocycles. The number of alkyl halides is 3. The minimum Gasteiger partial charge on any atom is -0.376 e. The van der Waals surface area contributed by atoms with Gasteiger partial charge >= 0.3 is 6.18 Å². The molecule has 1 aliphatic heterocycles. The first-order valence-corrected chi connectivity index (χ1v) is 8.22. The van der Waals surface area contributed by atoms with Gasteiger partial charge in [-0.15, -0.1) is 0 Å². The highest BCUT2D eigenvalue weighted by Gasteiger charge is 2.30. The van der Waals surface area contributed by atoms with Crippen LogP contribution in [0.3, 0.4) is 0 Å². The summed E-state index contributed by atoms with van der Waals surface area (Å²) in [6.45, 7) is 1.44. The van der Waals surface area contributed by atoms with Crippen LogP contribution in [0.2, 0.25) is 0 Å². The molecule has 5 nitrogen and oxygen atoms in total. The summed E-state index contributed by atoms with van der Waals surface area (Å²) >= 11 is 0. The van der Waals surface area contributed by atoms with E-state index in [2.05, 4.69) is 15.6 Å².